The maximum atomic E-state index is 13.3. The van der Waals surface area contributed by atoms with Crippen molar-refractivity contribution < 1.29 is 42.9 Å². The van der Waals surface area contributed by atoms with Crippen molar-refractivity contribution in [2.45, 2.75) is 41.5 Å². The van der Waals surface area contributed by atoms with Gasteiger partial charge in [0.05, 0.1) is 23.8 Å². The zero-order chi connectivity index (χ0) is 42.4. The highest BCUT2D eigenvalue weighted by Gasteiger charge is 2.19. The van der Waals surface area contributed by atoms with E-state index in [1.807, 2.05) is 65.8 Å². The normalized spacial score (nSPS) is 10.6. The molecule has 11 nitrogen and oxygen atoms in total. The smallest absolute Gasteiger partial charge is 0.343 e. The van der Waals surface area contributed by atoms with Crippen LogP contribution in [0.5, 0.6) is 23.0 Å². The fourth-order valence-electron chi connectivity index (χ4n) is 6.79. The Morgan fingerprint density at radius 3 is 0.966 bits per heavy atom. The molecule has 0 radical (unpaired) electrons. The van der Waals surface area contributed by atoms with Crippen LogP contribution < -0.4 is 29.6 Å². The molecule has 59 heavy (non-hydrogen) atoms. The molecule has 0 aliphatic rings. The molecule has 0 heterocycles. The molecule has 0 saturated carbocycles. The predicted molar refractivity (Wildman–Crippen MR) is 224 cm³/mol. The van der Waals surface area contributed by atoms with Crippen LogP contribution >= 0.6 is 0 Å². The van der Waals surface area contributed by atoms with E-state index in [1.54, 1.807) is 36.4 Å². The summed E-state index contributed by atoms with van der Waals surface area (Å²) in [6.45, 7) is 11.5. The topological polar surface area (TPSA) is 146 Å². The first-order valence-electron chi connectivity index (χ1n) is 18.6. The number of methoxy groups -OCH3 is 1. The number of rotatable bonds is 11. The molecule has 0 fully saturated rings. The third-order valence-electron chi connectivity index (χ3n) is 9.38. The third kappa shape index (κ3) is 10.1. The second kappa shape index (κ2) is 17.7. The SMILES string of the molecule is COc1ccc(C(=O)Oc2cc(OC(=O)c3ccc(NC(=O)c4c(C)cc(C)cc4C)cc3)cc(OC(=O)c3ccc(NC(=O)c4c(C)cc(C)cc4C)cc3)c2)cc1. The van der Waals surface area contributed by atoms with E-state index < -0.39 is 17.9 Å². The number of amides is 2. The van der Waals surface area contributed by atoms with Crippen LogP contribution in [0.15, 0.2) is 115 Å². The van der Waals surface area contributed by atoms with Crippen molar-refractivity contribution in [1.29, 1.82) is 0 Å². The minimum absolute atomic E-state index is 0.0709. The molecule has 2 amide bonds. The van der Waals surface area contributed by atoms with Crippen molar-refractivity contribution in [1.82, 2.24) is 0 Å². The summed E-state index contributed by atoms with van der Waals surface area (Å²) in [5.74, 6) is -2.50. The predicted octanol–water partition coefficient (Wildman–Crippen LogP) is 9.71. The van der Waals surface area contributed by atoms with Crippen LogP contribution in [0.2, 0.25) is 0 Å². The summed E-state index contributed by atoms with van der Waals surface area (Å²) in [4.78, 5) is 66.0. The maximum Gasteiger partial charge on any atom is 0.343 e. The average molecular weight is 791 g/mol. The van der Waals surface area contributed by atoms with Crippen LogP contribution in [0.3, 0.4) is 0 Å². The van der Waals surface area contributed by atoms with Gasteiger partial charge in [-0.15, -0.1) is 0 Å². The van der Waals surface area contributed by atoms with Crippen molar-refractivity contribution in [2.75, 3.05) is 17.7 Å². The second-order valence-corrected chi connectivity index (χ2v) is 14.1. The molecular weight excluding hydrogens is 749 g/mol. The van der Waals surface area contributed by atoms with E-state index in [-0.39, 0.29) is 45.8 Å². The van der Waals surface area contributed by atoms with Gasteiger partial charge in [-0.25, -0.2) is 14.4 Å². The Morgan fingerprint density at radius 2 is 0.678 bits per heavy atom. The number of carbonyl (C=O) groups is 5. The first kappa shape index (κ1) is 41.1. The zero-order valence-electron chi connectivity index (χ0n) is 33.6. The van der Waals surface area contributed by atoms with Crippen molar-refractivity contribution in [3.63, 3.8) is 0 Å². The van der Waals surface area contributed by atoms with Gasteiger partial charge in [-0.2, -0.15) is 0 Å². The van der Waals surface area contributed by atoms with E-state index in [9.17, 15) is 24.0 Å². The summed E-state index contributed by atoms with van der Waals surface area (Å²) >= 11 is 0. The first-order valence-corrected chi connectivity index (χ1v) is 18.6. The number of hydrogen-bond acceptors (Lipinski definition) is 9. The lowest BCUT2D eigenvalue weighted by Crippen LogP contribution is -2.16. The maximum absolute atomic E-state index is 13.3. The van der Waals surface area contributed by atoms with Crippen LogP contribution in [-0.2, 0) is 0 Å². The van der Waals surface area contributed by atoms with Crippen LogP contribution in [-0.4, -0.2) is 36.8 Å². The summed E-state index contributed by atoms with van der Waals surface area (Å²) in [7, 11) is 1.50. The molecule has 0 aliphatic carbocycles. The van der Waals surface area contributed by atoms with Gasteiger partial charge in [-0.1, -0.05) is 35.4 Å². The van der Waals surface area contributed by atoms with Crippen molar-refractivity contribution >= 4 is 41.1 Å². The van der Waals surface area contributed by atoms with E-state index in [0.717, 1.165) is 33.4 Å². The Labute approximate surface area is 341 Å². The van der Waals surface area contributed by atoms with Crippen LogP contribution in [0.1, 0.15) is 85.2 Å². The Kier molecular flexibility index (Phi) is 12.4. The first-order chi connectivity index (χ1) is 28.2. The molecule has 0 aliphatic heterocycles. The Bertz CT molecular complexity index is 2400. The molecule has 6 aromatic carbocycles. The van der Waals surface area contributed by atoms with Crippen LogP contribution in [0, 0.1) is 41.5 Å². The summed E-state index contributed by atoms with van der Waals surface area (Å²) < 4.78 is 22.1. The highest BCUT2D eigenvalue weighted by molar-refractivity contribution is 6.07. The number of anilines is 2. The van der Waals surface area contributed by atoms with E-state index >= 15 is 0 Å². The van der Waals surface area contributed by atoms with Crippen LogP contribution in [0.4, 0.5) is 11.4 Å². The lowest BCUT2D eigenvalue weighted by molar-refractivity contribution is 0.0729. The quantitative estimate of drug-likeness (QED) is 0.0967. The Morgan fingerprint density at radius 1 is 0.390 bits per heavy atom. The lowest BCUT2D eigenvalue weighted by atomic mass is 9.99. The molecule has 298 valence electrons. The fraction of sp³-hybridized carbons (Fsp3) is 0.146. The average Bonchev–Trinajstić information content (AvgIpc) is 3.17. The number of nitrogens with one attached hydrogen (secondary N) is 2. The summed E-state index contributed by atoms with van der Waals surface area (Å²) in [5.41, 5.74) is 8.15. The minimum atomic E-state index is -0.766. The van der Waals surface area contributed by atoms with Gasteiger partial charge in [0.25, 0.3) is 11.8 Å². The van der Waals surface area contributed by atoms with Gasteiger partial charge in [0.15, 0.2) is 0 Å². The van der Waals surface area contributed by atoms with Gasteiger partial charge in [0.1, 0.15) is 23.0 Å². The number of hydrogen-bond donors (Lipinski definition) is 2. The van der Waals surface area contributed by atoms with E-state index in [0.29, 0.717) is 28.3 Å². The summed E-state index contributed by atoms with van der Waals surface area (Å²) in [6, 6.07) is 30.2. The minimum Gasteiger partial charge on any atom is -0.497 e. The molecule has 0 aromatic heterocycles. The highest BCUT2D eigenvalue weighted by Crippen LogP contribution is 2.31. The molecular formula is C48H42N2O9. The molecule has 0 spiro atoms. The molecule has 0 bridgehead atoms. The van der Waals surface area contributed by atoms with E-state index in [1.165, 1.54) is 61.7 Å². The molecule has 2 N–H and O–H groups in total. The van der Waals surface area contributed by atoms with Gasteiger partial charge in [0.2, 0.25) is 0 Å². The number of carbonyl (C=O) groups excluding carboxylic acids is 5. The molecule has 6 rings (SSSR count). The Hall–Kier alpha value is -7.53. The van der Waals surface area contributed by atoms with Gasteiger partial charge < -0.3 is 29.6 Å². The summed E-state index contributed by atoms with van der Waals surface area (Å²) in [5, 5.41) is 5.74. The van der Waals surface area contributed by atoms with Crippen LogP contribution in [0.25, 0.3) is 0 Å². The molecule has 11 heteroatoms. The second-order valence-electron chi connectivity index (χ2n) is 14.1. The molecule has 0 atom stereocenters. The molecule has 0 saturated heterocycles. The largest absolute Gasteiger partial charge is 0.497 e. The van der Waals surface area contributed by atoms with Gasteiger partial charge in [0, 0.05) is 40.7 Å². The standard InChI is InChI=1S/C48H42N2O9/c1-27-20-29(3)42(30(4)21-27)44(51)49-36-14-8-33(9-15-36)46(53)57-39-24-40(26-41(25-39)59-48(55)35-12-18-38(56-7)19-13-35)58-47(54)34-10-16-37(17-11-34)50-45(52)43-31(5)22-28(2)23-32(43)6/h8-26H,1-7H3,(H,49,51)(H,50,52). The number of benzene rings is 6. The molecule has 6 aromatic rings. The van der Waals surface area contributed by atoms with E-state index in [4.69, 9.17) is 18.9 Å². The zero-order valence-corrected chi connectivity index (χ0v) is 33.6. The van der Waals surface area contributed by atoms with Crippen molar-refractivity contribution in [2.24, 2.45) is 0 Å². The number of ether oxygens (including phenoxy) is 4. The number of aryl methyl sites for hydroxylation is 6. The fourth-order valence-corrected chi connectivity index (χ4v) is 6.79. The van der Waals surface area contributed by atoms with E-state index in [2.05, 4.69) is 10.6 Å². The van der Waals surface area contributed by atoms with Gasteiger partial charge >= 0.3 is 17.9 Å². The summed E-state index contributed by atoms with van der Waals surface area (Å²) in [6.07, 6.45) is 0. The third-order valence-corrected chi connectivity index (χ3v) is 9.38. The van der Waals surface area contributed by atoms with Gasteiger partial charge in [-0.3, -0.25) is 9.59 Å². The van der Waals surface area contributed by atoms with Gasteiger partial charge in [-0.05, 0) is 137 Å². The Balaban J connectivity index is 1.18. The lowest BCUT2D eigenvalue weighted by Gasteiger charge is -2.13. The number of esters is 3. The van der Waals surface area contributed by atoms with Crippen molar-refractivity contribution in [3.8, 4) is 23.0 Å². The van der Waals surface area contributed by atoms with Crippen molar-refractivity contribution in [3.05, 3.63) is 176 Å². The molecule has 0 unspecified atom stereocenters. The monoisotopic (exact) mass is 790 g/mol. The highest BCUT2D eigenvalue weighted by atomic mass is 16.6.